The van der Waals surface area contributed by atoms with Gasteiger partial charge in [0.25, 0.3) is 0 Å². The number of nitrogens with zero attached hydrogens (tertiary/aromatic N) is 3. The first-order chi connectivity index (χ1) is 14.3. The summed E-state index contributed by atoms with van der Waals surface area (Å²) in [5.74, 6) is -0.936. The van der Waals surface area contributed by atoms with Crippen molar-refractivity contribution in [3.05, 3.63) is 48.5 Å². The number of aromatic nitrogens is 1. The maximum absolute atomic E-state index is 12.7. The molecule has 1 N–H and O–H groups in total. The predicted molar refractivity (Wildman–Crippen MR) is 116 cm³/mol. The molecule has 1 saturated heterocycles. The normalized spacial score (nSPS) is 17.1. The summed E-state index contributed by atoms with van der Waals surface area (Å²) in [6.45, 7) is 0.231. The van der Waals surface area contributed by atoms with Gasteiger partial charge >= 0.3 is 0 Å². The molecule has 1 aromatic heterocycles. The maximum atomic E-state index is 12.7. The fraction of sp³-hybridized carbons (Fsp3) is 0.250. The Bertz CT molecular complexity index is 1190. The summed E-state index contributed by atoms with van der Waals surface area (Å²) in [5, 5.41) is 3.32. The molecule has 2 heterocycles. The molecule has 0 aliphatic carbocycles. The molecular formula is C20H20N4O4S2. The SMILES string of the molecule is CN(C)S(=O)(=O)c1ccc(N2C[C@@H](C(=O)Nc3nc4ccccc4s3)CC2=O)cc1. The van der Waals surface area contributed by atoms with Gasteiger partial charge in [-0.15, -0.1) is 0 Å². The van der Waals surface area contributed by atoms with E-state index in [1.807, 2.05) is 24.3 Å². The van der Waals surface area contributed by atoms with Crippen molar-refractivity contribution in [1.82, 2.24) is 9.29 Å². The summed E-state index contributed by atoms with van der Waals surface area (Å²) in [5.41, 5.74) is 1.38. The zero-order valence-corrected chi connectivity index (χ0v) is 18.0. The minimum Gasteiger partial charge on any atom is -0.312 e. The number of nitrogens with one attached hydrogen (secondary N) is 1. The van der Waals surface area contributed by atoms with E-state index in [9.17, 15) is 18.0 Å². The van der Waals surface area contributed by atoms with Crippen LogP contribution in [0.5, 0.6) is 0 Å². The van der Waals surface area contributed by atoms with Crippen molar-refractivity contribution >= 4 is 54.2 Å². The first-order valence-corrected chi connectivity index (χ1v) is 11.5. The Labute approximate surface area is 178 Å². The first kappa shape index (κ1) is 20.5. The molecule has 2 aromatic carbocycles. The van der Waals surface area contributed by atoms with E-state index >= 15 is 0 Å². The van der Waals surface area contributed by atoms with Gasteiger partial charge in [-0.1, -0.05) is 23.5 Å². The lowest BCUT2D eigenvalue weighted by Gasteiger charge is -2.18. The minimum absolute atomic E-state index is 0.0917. The summed E-state index contributed by atoms with van der Waals surface area (Å²) in [6, 6.07) is 13.7. The van der Waals surface area contributed by atoms with Crippen LogP contribution in [0, 0.1) is 5.92 Å². The average Bonchev–Trinajstić information content (AvgIpc) is 3.30. The fourth-order valence-corrected chi connectivity index (χ4v) is 5.05. The Morgan fingerprint density at radius 3 is 2.53 bits per heavy atom. The standard InChI is InChI=1S/C20H20N4O4S2/c1-23(2)30(27,28)15-9-7-14(8-10-15)24-12-13(11-18(24)25)19(26)22-20-21-16-5-3-4-6-17(16)29-20/h3-10,13H,11-12H2,1-2H3,(H,21,22,26)/t13-/m0/s1. The summed E-state index contributed by atoms with van der Waals surface area (Å²) in [4.78, 5) is 31.2. The van der Waals surface area contributed by atoms with Crippen molar-refractivity contribution in [3.63, 3.8) is 0 Å². The Kier molecular flexibility index (Phi) is 5.31. The third kappa shape index (κ3) is 3.81. The van der Waals surface area contributed by atoms with Gasteiger partial charge in [-0.2, -0.15) is 0 Å². The fourth-order valence-electron chi connectivity index (χ4n) is 3.27. The van der Waals surface area contributed by atoms with E-state index in [1.165, 1.54) is 42.5 Å². The van der Waals surface area contributed by atoms with Crippen LogP contribution in [0.15, 0.2) is 53.4 Å². The number of fused-ring (bicyclic) bond motifs is 1. The number of hydrogen-bond donors (Lipinski definition) is 1. The first-order valence-electron chi connectivity index (χ1n) is 9.25. The number of thiazole rings is 1. The number of carbonyl (C=O) groups excluding carboxylic acids is 2. The molecule has 8 nitrogen and oxygen atoms in total. The number of benzene rings is 2. The largest absolute Gasteiger partial charge is 0.312 e. The second kappa shape index (κ2) is 7.78. The Balaban J connectivity index is 1.46. The highest BCUT2D eigenvalue weighted by atomic mass is 32.2. The second-order valence-electron chi connectivity index (χ2n) is 7.16. The summed E-state index contributed by atoms with van der Waals surface area (Å²) in [7, 11) is -0.620. The lowest BCUT2D eigenvalue weighted by atomic mass is 10.1. The van der Waals surface area contributed by atoms with Gasteiger partial charge < -0.3 is 10.2 Å². The Morgan fingerprint density at radius 2 is 1.87 bits per heavy atom. The maximum Gasteiger partial charge on any atom is 0.242 e. The van der Waals surface area contributed by atoms with E-state index in [1.54, 1.807) is 12.1 Å². The number of hydrogen-bond acceptors (Lipinski definition) is 6. The molecule has 3 aromatic rings. The molecule has 10 heteroatoms. The summed E-state index contributed by atoms with van der Waals surface area (Å²) >= 11 is 1.39. The van der Waals surface area contributed by atoms with Crippen LogP contribution >= 0.6 is 11.3 Å². The van der Waals surface area contributed by atoms with Crippen LogP contribution in [0.4, 0.5) is 10.8 Å². The quantitative estimate of drug-likeness (QED) is 0.652. The van der Waals surface area contributed by atoms with Crippen LogP contribution in [-0.2, 0) is 19.6 Å². The van der Waals surface area contributed by atoms with Crippen LogP contribution in [0.25, 0.3) is 10.2 Å². The van der Waals surface area contributed by atoms with Crippen molar-refractivity contribution < 1.29 is 18.0 Å². The number of para-hydroxylation sites is 1. The van der Waals surface area contributed by atoms with Crippen LogP contribution in [0.1, 0.15) is 6.42 Å². The lowest BCUT2D eigenvalue weighted by Crippen LogP contribution is -2.28. The van der Waals surface area contributed by atoms with Gasteiger partial charge in [-0.05, 0) is 36.4 Å². The van der Waals surface area contributed by atoms with Crippen LogP contribution in [0.2, 0.25) is 0 Å². The molecule has 1 atom stereocenters. The molecule has 2 amide bonds. The van der Waals surface area contributed by atoms with Crippen molar-refractivity contribution in [2.75, 3.05) is 30.9 Å². The van der Waals surface area contributed by atoms with E-state index in [-0.39, 0.29) is 29.7 Å². The molecule has 30 heavy (non-hydrogen) atoms. The molecule has 0 saturated carbocycles. The molecule has 1 aliphatic heterocycles. The topological polar surface area (TPSA) is 99.7 Å². The van der Waals surface area contributed by atoms with Crippen molar-refractivity contribution in [1.29, 1.82) is 0 Å². The number of amides is 2. The molecule has 0 spiro atoms. The van der Waals surface area contributed by atoms with Gasteiger partial charge in [0, 0.05) is 32.7 Å². The van der Waals surface area contributed by atoms with E-state index in [0.717, 1.165) is 14.5 Å². The molecule has 1 fully saturated rings. The van der Waals surface area contributed by atoms with Crippen LogP contribution in [0.3, 0.4) is 0 Å². The zero-order valence-electron chi connectivity index (χ0n) is 16.4. The monoisotopic (exact) mass is 444 g/mol. The summed E-state index contributed by atoms with van der Waals surface area (Å²) in [6.07, 6.45) is 0.0917. The molecule has 1 aliphatic rings. The third-order valence-electron chi connectivity index (χ3n) is 4.95. The highest BCUT2D eigenvalue weighted by Gasteiger charge is 2.35. The molecule has 0 radical (unpaired) electrons. The zero-order chi connectivity index (χ0) is 21.5. The van der Waals surface area contributed by atoms with E-state index in [0.29, 0.717) is 10.8 Å². The Morgan fingerprint density at radius 1 is 1.17 bits per heavy atom. The molecule has 4 rings (SSSR count). The predicted octanol–water partition coefficient (Wildman–Crippen LogP) is 2.54. The van der Waals surface area contributed by atoms with Crippen LogP contribution < -0.4 is 10.2 Å². The van der Waals surface area contributed by atoms with E-state index in [2.05, 4.69) is 10.3 Å². The second-order valence-corrected chi connectivity index (χ2v) is 10.3. The van der Waals surface area contributed by atoms with Gasteiger partial charge in [-0.25, -0.2) is 17.7 Å². The smallest absolute Gasteiger partial charge is 0.242 e. The molecule has 156 valence electrons. The Hall–Kier alpha value is -2.82. The van der Waals surface area contributed by atoms with Gasteiger partial charge in [-0.3, -0.25) is 9.59 Å². The van der Waals surface area contributed by atoms with Gasteiger partial charge in [0.2, 0.25) is 21.8 Å². The molecule has 0 unspecified atom stereocenters. The van der Waals surface area contributed by atoms with Crippen LogP contribution in [-0.4, -0.2) is 50.2 Å². The average molecular weight is 445 g/mol. The van der Waals surface area contributed by atoms with Gasteiger partial charge in [0.1, 0.15) is 0 Å². The van der Waals surface area contributed by atoms with Crippen molar-refractivity contribution in [2.24, 2.45) is 5.92 Å². The van der Waals surface area contributed by atoms with Gasteiger partial charge in [0.15, 0.2) is 5.13 Å². The van der Waals surface area contributed by atoms with E-state index < -0.39 is 15.9 Å². The van der Waals surface area contributed by atoms with Crippen molar-refractivity contribution in [3.8, 4) is 0 Å². The number of rotatable bonds is 5. The number of carbonyl (C=O) groups is 2. The van der Waals surface area contributed by atoms with E-state index in [4.69, 9.17) is 0 Å². The highest BCUT2D eigenvalue weighted by molar-refractivity contribution is 7.89. The molecule has 0 bridgehead atoms. The summed E-state index contributed by atoms with van der Waals surface area (Å²) < 4.78 is 26.5. The van der Waals surface area contributed by atoms with Crippen molar-refractivity contribution in [2.45, 2.75) is 11.3 Å². The number of anilines is 2. The third-order valence-corrected chi connectivity index (χ3v) is 7.73. The number of sulfonamides is 1. The lowest BCUT2D eigenvalue weighted by molar-refractivity contribution is -0.122. The highest BCUT2D eigenvalue weighted by Crippen LogP contribution is 2.29. The van der Waals surface area contributed by atoms with Gasteiger partial charge in [0.05, 0.1) is 21.0 Å². The minimum atomic E-state index is -3.54. The molecular weight excluding hydrogens is 424 g/mol.